The number of carbonyl (C=O) groups is 1. The van der Waals surface area contributed by atoms with Gasteiger partial charge in [0.1, 0.15) is 15.5 Å². The number of aromatic carboxylic acids is 1. The van der Waals surface area contributed by atoms with Gasteiger partial charge in [-0.3, -0.25) is 0 Å². The van der Waals surface area contributed by atoms with Crippen LogP contribution in [0.15, 0.2) is 24.3 Å². The first-order valence-corrected chi connectivity index (χ1v) is 7.83. The third kappa shape index (κ3) is 2.96. The molecule has 0 radical (unpaired) electrons. The van der Waals surface area contributed by atoms with Crippen LogP contribution < -0.4 is 0 Å². The van der Waals surface area contributed by atoms with E-state index in [9.17, 15) is 13.2 Å². The molecule has 0 unspecified atom stereocenters. The summed E-state index contributed by atoms with van der Waals surface area (Å²) in [5.74, 6) is -0.884. The SMILES string of the molecule is Cn1c(C(=O)O)cc2ccc(CCS(C)(=O)=O)cc21. The molecule has 1 heterocycles. The highest BCUT2D eigenvalue weighted by molar-refractivity contribution is 7.90. The van der Waals surface area contributed by atoms with E-state index in [1.54, 1.807) is 17.7 Å². The lowest BCUT2D eigenvalue weighted by Crippen LogP contribution is -2.06. The summed E-state index contributed by atoms with van der Waals surface area (Å²) in [5.41, 5.74) is 1.90. The van der Waals surface area contributed by atoms with Gasteiger partial charge >= 0.3 is 5.97 Å². The summed E-state index contributed by atoms with van der Waals surface area (Å²) in [6, 6.07) is 7.10. The molecule has 1 aromatic carbocycles. The molecule has 5 nitrogen and oxygen atoms in total. The maximum atomic E-state index is 11.1. The number of aromatic nitrogens is 1. The van der Waals surface area contributed by atoms with Crippen LogP contribution in [0.1, 0.15) is 16.1 Å². The molecule has 0 atom stereocenters. The van der Waals surface area contributed by atoms with Gasteiger partial charge in [0.25, 0.3) is 0 Å². The van der Waals surface area contributed by atoms with Crippen molar-refractivity contribution in [1.29, 1.82) is 0 Å². The number of carboxylic acids is 1. The quantitative estimate of drug-likeness (QED) is 0.920. The van der Waals surface area contributed by atoms with Gasteiger partial charge in [-0.2, -0.15) is 0 Å². The van der Waals surface area contributed by atoms with Crippen LogP contribution in [-0.2, 0) is 23.3 Å². The molecule has 1 N–H and O–H groups in total. The molecule has 0 spiro atoms. The zero-order valence-electron chi connectivity index (χ0n) is 10.8. The molecular weight excluding hydrogens is 266 g/mol. The maximum absolute atomic E-state index is 11.1. The van der Waals surface area contributed by atoms with Gasteiger partial charge in [0.2, 0.25) is 0 Å². The number of fused-ring (bicyclic) bond motifs is 1. The number of hydrogen-bond donors (Lipinski definition) is 1. The summed E-state index contributed by atoms with van der Waals surface area (Å²) in [6.45, 7) is 0. The van der Waals surface area contributed by atoms with Crippen molar-refractivity contribution in [3.63, 3.8) is 0 Å². The fourth-order valence-electron chi connectivity index (χ4n) is 2.04. The van der Waals surface area contributed by atoms with Gasteiger partial charge in [-0.1, -0.05) is 12.1 Å². The minimum atomic E-state index is -2.99. The zero-order valence-corrected chi connectivity index (χ0v) is 11.6. The highest BCUT2D eigenvalue weighted by Gasteiger charge is 2.12. The van der Waals surface area contributed by atoms with Crippen LogP contribution >= 0.6 is 0 Å². The van der Waals surface area contributed by atoms with Gasteiger partial charge in [-0.15, -0.1) is 0 Å². The minimum absolute atomic E-state index is 0.0920. The van der Waals surface area contributed by atoms with E-state index in [0.29, 0.717) is 6.42 Å². The van der Waals surface area contributed by atoms with Crippen LogP contribution in [0.2, 0.25) is 0 Å². The summed E-state index contributed by atoms with van der Waals surface area (Å²) in [4.78, 5) is 11.0. The monoisotopic (exact) mass is 281 g/mol. The van der Waals surface area contributed by atoms with E-state index in [0.717, 1.165) is 16.5 Å². The Balaban J connectivity index is 2.40. The average Bonchev–Trinajstić information content (AvgIpc) is 2.63. The topological polar surface area (TPSA) is 76.4 Å². The number of carboxylic acid groups (broad SMARTS) is 1. The van der Waals surface area contributed by atoms with Crippen molar-refractivity contribution in [3.8, 4) is 0 Å². The Kier molecular flexibility index (Phi) is 3.36. The lowest BCUT2D eigenvalue weighted by atomic mass is 10.1. The normalized spacial score (nSPS) is 11.9. The molecule has 2 aromatic rings. The molecule has 2 rings (SSSR count). The van der Waals surface area contributed by atoms with Gasteiger partial charge in [0, 0.05) is 24.2 Å². The first-order valence-electron chi connectivity index (χ1n) is 5.77. The van der Waals surface area contributed by atoms with Crippen molar-refractivity contribution < 1.29 is 18.3 Å². The molecule has 19 heavy (non-hydrogen) atoms. The number of rotatable bonds is 4. The molecule has 0 saturated heterocycles. The van der Waals surface area contributed by atoms with Gasteiger partial charge in [-0.25, -0.2) is 13.2 Å². The fraction of sp³-hybridized carbons (Fsp3) is 0.308. The van der Waals surface area contributed by atoms with Gasteiger partial charge in [0.05, 0.1) is 5.75 Å². The van der Waals surface area contributed by atoms with Crippen LogP contribution in [0, 0.1) is 0 Å². The number of hydrogen-bond acceptors (Lipinski definition) is 3. The smallest absolute Gasteiger partial charge is 0.352 e. The van der Waals surface area contributed by atoms with E-state index in [4.69, 9.17) is 5.11 Å². The van der Waals surface area contributed by atoms with Crippen molar-refractivity contribution >= 4 is 26.7 Å². The van der Waals surface area contributed by atoms with Crippen molar-refractivity contribution in [2.75, 3.05) is 12.0 Å². The maximum Gasteiger partial charge on any atom is 0.352 e. The molecule has 6 heteroatoms. The minimum Gasteiger partial charge on any atom is -0.477 e. The predicted octanol–water partition coefficient (Wildman–Crippen LogP) is 1.46. The summed E-state index contributed by atoms with van der Waals surface area (Å²) >= 11 is 0. The summed E-state index contributed by atoms with van der Waals surface area (Å²) in [7, 11) is -1.31. The largest absolute Gasteiger partial charge is 0.477 e. The fourth-order valence-corrected chi connectivity index (χ4v) is 2.65. The molecular formula is C13H15NO4S. The second-order valence-electron chi connectivity index (χ2n) is 4.67. The third-order valence-electron chi connectivity index (χ3n) is 3.09. The zero-order chi connectivity index (χ0) is 14.2. The van der Waals surface area contributed by atoms with Crippen LogP contribution in [0.3, 0.4) is 0 Å². The average molecular weight is 281 g/mol. The van der Waals surface area contributed by atoms with E-state index in [1.807, 2.05) is 18.2 Å². The third-order valence-corrected chi connectivity index (χ3v) is 4.04. The van der Waals surface area contributed by atoms with Crippen LogP contribution in [-0.4, -0.2) is 36.1 Å². The van der Waals surface area contributed by atoms with E-state index >= 15 is 0 Å². The number of nitrogens with zero attached hydrogens (tertiary/aromatic N) is 1. The molecule has 0 bridgehead atoms. The first kappa shape index (κ1) is 13.6. The first-order chi connectivity index (χ1) is 8.78. The molecule has 0 aliphatic heterocycles. The van der Waals surface area contributed by atoms with Crippen molar-refractivity contribution in [3.05, 3.63) is 35.5 Å². The molecule has 102 valence electrons. The van der Waals surface area contributed by atoms with Crippen molar-refractivity contribution in [2.45, 2.75) is 6.42 Å². The number of benzene rings is 1. The molecule has 0 amide bonds. The van der Waals surface area contributed by atoms with Crippen LogP contribution in [0.25, 0.3) is 10.9 Å². The molecule has 0 fully saturated rings. The lowest BCUT2D eigenvalue weighted by molar-refractivity contribution is 0.0687. The highest BCUT2D eigenvalue weighted by Crippen LogP contribution is 2.20. The number of aryl methyl sites for hydroxylation is 2. The Morgan fingerprint density at radius 3 is 2.58 bits per heavy atom. The Hall–Kier alpha value is -1.82. The van der Waals surface area contributed by atoms with Gasteiger partial charge < -0.3 is 9.67 Å². The Morgan fingerprint density at radius 1 is 1.32 bits per heavy atom. The predicted molar refractivity (Wildman–Crippen MR) is 73.3 cm³/mol. The molecule has 0 aliphatic rings. The summed E-state index contributed by atoms with van der Waals surface area (Å²) < 4.78 is 23.9. The highest BCUT2D eigenvalue weighted by atomic mass is 32.2. The van der Waals surface area contributed by atoms with E-state index in [1.165, 1.54) is 6.26 Å². The van der Waals surface area contributed by atoms with Crippen molar-refractivity contribution in [2.24, 2.45) is 7.05 Å². The van der Waals surface area contributed by atoms with E-state index in [-0.39, 0.29) is 11.4 Å². The standard InChI is InChI=1S/C13H15NO4S/c1-14-11-7-9(5-6-19(2,17)18)3-4-10(11)8-12(14)13(15)16/h3-4,7-8H,5-6H2,1-2H3,(H,15,16). The van der Waals surface area contributed by atoms with E-state index in [2.05, 4.69) is 0 Å². The molecule has 0 saturated carbocycles. The van der Waals surface area contributed by atoms with Gasteiger partial charge in [-0.05, 0) is 24.1 Å². The molecule has 0 aliphatic carbocycles. The van der Waals surface area contributed by atoms with E-state index < -0.39 is 15.8 Å². The summed E-state index contributed by atoms with van der Waals surface area (Å²) in [5, 5.41) is 9.88. The second-order valence-corrected chi connectivity index (χ2v) is 6.93. The van der Waals surface area contributed by atoms with Gasteiger partial charge in [0.15, 0.2) is 0 Å². The van der Waals surface area contributed by atoms with Crippen molar-refractivity contribution in [1.82, 2.24) is 4.57 Å². The Morgan fingerprint density at radius 2 is 2.00 bits per heavy atom. The van der Waals surface area contributed by atoms with Crippen LogP contribution in [0.5, 0.6) is 0 Å². The Bertz CT molecular complexity index is 743. The molecule has 1 aromatic heterocycles. The Labute approximate surface area is 111 Å². The lowest BCUT2D eigenvalue weighted by Gasteiger charge is -2.03. The van der Waals surface area contributed by atoms with Crippen LogP contribution in [0.4, 0.5) is 0 Å². The summed E-state index contributed by atoms with van der Waals surface area (Å²) in [6.07, 6.45) is 1.64. The second kappa shape index (κ2) is 4.70. The number of sulfone groups is 1.